The number of hydrogen-bond donors (Lipinski definition) is 2. The highest BCUT2D eigenvalue weighted by Gasteiger charge is 2.43. The van der Waals surface area contributed by atoms with Crippen LogP contribution in [-0.2, 0) is 32.6 Å². The van der Waals surface area contributed by atoms with Crippen LogP contribution in [0.25, 0.3) is 0 Å². The maximum atomic E-state index is 13.6. The molecule has 0 saturated heterocycles. The molecule has 1 amide bonds. The lowest BCUT2D eigenvalue weighted by atomic mass is 9.95. The van der Waals surface area contributed by atoms with Crippen LogP contribution >= 0.6 is 23.2 Å². The maximum Gasteiger partial charge on any atom is 0.327 e. The molecule has 0 saturated carbocycles. The number of carbonyl (C=O) groups is 2. The van der Waals surface area contributed by atoms with E-state index in [1.165, 1.54) is 18.2 Å². The van der Waals surface area contributed by atoms with Crippen molar-refractivity contribution in [3.8, 4) is 0 Å². The Morgan fingerprint density at radius 3 is 2.50 bits per heavy atom. The number of nitrogens with zero attached hydrogens (tertiary/aromatic N) is 1. The fraction of sp³-hybridized carbons (Fsp3) is 0.364. The Kier molecular flexibility index (Phi) is 7.82. The molecule has 2 aromatic carbocycles. The summed E-state index contributed by atoms with van der Waals surface area (Å²) < 4.78 is 27.7. The van der Waals surface area contributed by atoms with Crippen LogP contribution in [0, 0.1) is 0 Å². The first-order chi connectivity index (χ1) is 15.2. The zero-order valence-electron chi connectivity index (χ0n) is 17.4. The van der Waals surface area contributed by atoms with E-state index in [1.54, 1.807) is 0 Å². The molecule has 32 heavy (non-hydrogen) atoms. The SMILES string of the molecule is CCCC[C@@H](C(=O)O)N(C(=O)[C@@H]1Cc2ccccc2CN1)S(=O)(=O)c1cccc(Cl)c1Cl. The van der Waals surface area contributed by atoms with E-state index in [1.807, 2.05) is 31.2 Å². The highest BCUT2D eigenvalue weighted by Crippen LogP contribution is 2.33. The van der Waals surface area contributed by atoms with Crippen molar-refractivity contribution >= 4 is 45.1 Å². The lowest BCUT2D eigenvalue weighted by molar-refractivity contribution is -0.147. The molecule has 0 aliphatic carbocycles. The van der Waals surface area contributed by atoms with Gasteiger partial charge in [-0.2, -0.15) is 0 Å². The summed E-state index contributed by atoms with van der Waals surface area (Å²) in [5.74, 6) is -2.23. The van der Waals surface area contributed by atoms with Crippen LogP contribution in [0.2, 0.25) is 10.0 Å². The smallest absolute Gasteiger partial charge is 0.327 e. The Labute approximate surface area is 197 Å². The molecular formula is C22H24Cl2N2O5S. The quantitative estimate of drug-likeness (QED) is 0.572. The molecule has 3 rings (SSSR count). The molecule has 0 unspecified atom stereocenters. The van der Waals surface area contributed by atoms with E-state index in [0.29, 0.717) is 23.7 Å². The van der Waals surface area contributed by atoms with Crippen LogP contribution < -0.4 is 5.32 Å². The third-order valence-corrected chi connectivity index (χ3v) is 8.23. The second-order valence-electron chi connectivity index (χ2n) is 7.59. The number of unbranched alkanes of at least 4 members (excludes halogenated alkanes) is 1. The maximum absolute atomic E-state index is 13.6. The van der Waals surface area contributed by atoms with E-state index in [4.69, 9.17) is 23.2 Å². The number of carbonyl (C=O) groups excluding carboxylic acids is 1. The summed E-state index contributed by atoms with van der Waals surface area (Å²) in [6, 6.07) is 9.06. The van der Waals surface area contributed by atoms with Gasteiger partial charge in [-0.15, -0.1) is 0 Å². The number of carboxylic acids is 1. The zero-order chi connectivity index (χ0) is 23.5. The largest absolute Gasteiger partial charge is 0.480 e. The van der Waals surface area contributed by atoms with Crippen molar-refractivity contribution in [2.24, 2.45) is 0 Å². The zero-order valence-corrected chi connectivity index (χ0v) is 19.8. The Morgan fingerprint density at radius 2 is 1.84 bits per heavy atom. The van der Waals surface area contributed by atoms with Crippen molar-refractivity contribution in [2.45, 2.75) is 56.1 Å². The summed E-state index contributed by atoms with van der Waals surface area (Å²) in [7, 11) is -4.61. The van der Waals surface area contributed by atoms with Gasteiger partial charge in [-0.3, -0.25) is 4.79 Å². The van der Waals surface area contributed by atoms with Crippen molar-refractivity contribution in [1.29, 1.82) is 0 Å². The predicted octanol–water partition coefficient (Wildman–Crippen LogP) is 3.87. The van der Waals surface area contributed by atoms with Crippen molar-refractivity contribution in [1.82, 2.24) is 9.62 Å². The molecule has 0 aromatic heterocycles. The van der Waals surface area contributed by atoms with Gasteiger partial charge in [-0.05, 0) is 36.1 Å². The summed E-state index contributed by atoms with van der Waals surface area (Å²) in [6.45, 7) is 2.22. The van der Waals surface area contributed by atoms with E-state index in [9.17, 15) is 23.1 Å². The average molecular weight is 499 g/mol. The summed E-state index contributed by atoms with van der Waals surface area (Å²) in [6.07, 6.45) is 1.29. The lowest BCUT2D eigenvalue weighted by Crippen LogP contribution is -2.56. The van der Waals surface area contributed by atoms with Crippen LogP contribution in [0.1, 0.15) is 37.3 Å². The van der Waals surface area contributed by atoms with Crippen LogP contribution in [-0.4, -0.2) is 41.8 Å². The minimum atomic E-state index is -4.61. The number of hydrogen-bond acceptors (Lipinski definition) is 5. The molecule has 1 aliphatic heterocycles. The molecule has 0 radical (unpaired) electrons. The van der Waals surface area contributed by atoms with Crippen LogP contribution in [0.3, 0.4) is 0 Å². The Bertz CT molecular complexity index is 1120. The third-order valence-electron chi connectivity index (χ3n) is 5.45. The number of fused-ring (bicyclic) bond motifs is 1. The van der Waals surface area contributed by atoms with Gasteiger partial charge in [0.25, 0.3) is 15.9 Å². The summed E-state index contributed by atoms with van der Waals surface area (Å²) in [5.41, 5.74) is 1.91. The number of carboxylic acid groups (broad SMARTS) is 1. The van der Waals surface area contributed by atoms with Crippen molar-refractivity contribution in [3.63, 3.8) is 0 Å². The van der Waals surface area contributed by atoms with E-state index in [0.717, 1.165) is 11.1 Å². The minimum Gasteiger partial charge on any atom is -0.480 e. The monoisotopic (exact) mass is 498 g/mol. The number of nitrogens with one attached hydrogen (secondary N) is 1. The molecule has 172 valence electrons. The van der Waals surface area contributed by atoms with Crippen LogP contribution in [0.15, 0.2) is 47.4 Å². The van der Waals surface area contributed by atoms with Gasteiger partial charge in [0, 0.05) is 6.54 Å². The first-order valence-corrected chi connectivity index (χ1v) is 12.4. The molecule has 2 aromatic rings. The molecule has 0 bridgehead atoms. The van der Waals surface area contributed by atoms with E-state index in [-0.39, 0.29) is 22.9 Å². The molecule has 1 heterocycles. The number of benzene rings is 2. The Balaban J connectivity index is 2.07. The molecule has 7 nitrogen and oxygen atoms in total. The Morgan fingerprint density at radius 1 is 1.16 bits per heavy atom. The van der Waals surface area contributed by atoms with Gasteiger partial charge < -0.3 is 10.4 Å². The van der Waals surface area contributed by atoms with Gasteiger partial charge in [0.1, 0.15) is 10.9 Å². The molecule has 0 spiro atoms. The van der Waals surface area contributed by atoms with Crippen molar-refractivity contribution in [2.75, 3.05) is 0 Å². The highest BCUT2D eigenvalue weighted by atomic mass is 35.5. The summed E-state index contributed by atoms with van der Waals surface area (Å²) >= 11 is 12.2. The van der Waals surface area contributed by atoms with Crippen LogP contribution in [0.4, 0.5) is 0 Å². The first-order valence-electron chi connectivity index (χ1n) is 10.2. The second-order valence-corrected chi connectivity index (χ2v) is 10.2. The molecule has 1 aliphatic rings. The molecule has 2 N–H and O–H groups in total. The first kappa shape index (κ1) is 24.5. The molecule has 2 atom stereocenters. The number of halogens is 2. The number of aliphatic carboxylic acids is 1. The minimum absolute atomic E-state index is 0.00899. The predicted molar refractivity (Wildman–Crippen MR) is 122 cm³/mol. The molecule has 0 fully saturated rings. The van der Waals surface area contributed by atoms with E-state index < -0.39 is 38.9 Å². The van der Waals surface area contributed by atoms with E-state index >= 15 is 0 Å². The fourth-order valence-corrected chi connectivity index (χ4v) is 6.09. The average Bonchev–Trinajstić information content (AvgIpc) is 2.77. The topological polar surface area (TPSA) is 104 Å². The second kappa shape index (κ2) is 10.2. The number of sulfonamides is 1. The summed E-state index contributed by atoms with van der Waals surface area (Å²) in [4.78, 5) is 25.3. The third kappa shape index (κ3) is 4.93. The number of rotatable bonds is 8. The fourth-order valence-electron chi connectivity index (χ4n) is 3.75. The van der Waals surface area contributed by atoms with Gasteiger partial charge in [-0.25, -0.2) is 17.5 Å². The lowest BCUT2D eigenvalue weighted by Gasteiger charge is -2.34. The van der Waals surface area contributed by atoms with E-state index in [2.05, 4.69) is 5.32 Å². The van der Waals surface area contributed by atoms with Crippen LogP contribution in [0.5, 0.6) is 0 Å². The standard InChI is InChI=1S/C22H24Cl2N2O5S/c1-2-3-10-18(22(28)29)26(32(30,31)19-11-6-9-16(23)20(19)24)21(27)17-12-14-7-4-5-8-15(14)13-25-17/h4-9,11,17-18,25H,2-3,10,12-13H2,1H3,(H,28,29)/t17-,18-/m0/s1. The molecule has 10 heteroatoms. The highest BCUT2D eigenvalue weighted by molar-refractivity contribution is 7.89. The summed E-state index contributed by atoms with van der Waals surface area (Å²) in [5, 5.41) is 12.7. The van der Waals surface area contributed by atoms with Gasteiger partial charge in [0.15, 0.2) is 0 Å². The van der Waals surface area contributed by atoms with Gasteiger partial charge in [0.05, 0.1) is 16.1 Å². The Hall–Kier alpha value is -2.13. The molecular weight excluding hydrogens is 475 g/mol. The normalized spacial score (nSPS) is 16.8. The van der Waals surface area contributed by atoms with Gasteiger partial charge in [-0.1, -0.05) is 73.3 Å². The van der Waals surface area contributed by atoms with Gasteiger partial charge >= 0.3 is 5.97 Å². The van der Waals surface area contributed by atoms with Gasteiger partial charge in [0.2, 0.25) is 0 Å². The van der Waals surface area contributed by atoms with Crippen molar-refractivity contribution in [3.05, 3.63) is 63.6 Å². The van der Waals surface area contributed by atoms with Crippen molar-refractivity contribution < 1.29 is 23.1 Å². The number of amides is 1.